The van der Waals surface area contributed by atoms with Crippen molar-refractivity contribution in [2.75, 3.05) is 24.6 Å². The predicted octanol–water partition coefficient (Wildman–Crippen LogP) is 4.77. The molecule has 1 aliphatic rings. The van der Waals surface area contributed by atoms with Crippen LogP contribution in [0.2, 0.25) is 25.7 Å². The number of aromatic nitrogens is 3. The summed E-state index contributed by atoms with van der Waals surface area (Å²) in [5.41, 5.74) is 4.58. The van der Waals surface area contributed by atoms with Crippen LogP contribution in [0, 0.1) is 6.92 Å². The first-order chi connectivity index (χ1) is 14.8. The highest BCUT2D eigenvalue weighted by molar-refractivity contribution is 6.76. The van der Waals surface area contributed by atoms with Gasteiger partial charge in [-0.3, -0.25) is 4.79 Å². The monoisotopic (exact) mass is 438 g/mol. The van der Waals surface area contributed by atoms with Gasteiger partial charge < -0.3 is 9.64 Å². The fraction of sp³-hybridized carbons (Fsp3) is 0.500. The number of nitrogens with zero attached hydrogens (tertiary/aromatic N) is 4. The summed E-state index contributed by atoms with van der Waals surface area (Å²) in [6, 6.07) is 13.0. The highest BCUT2D eigenvalue weighted by atomic mass is 28.3. The van der Waals surface area contributed by atoms with E-state index in [4.69, 9.17) is 9.72 Å². The smallest absolute Gasteiger partial charge is 0.273 e. The van der Waals surface area contributed by atoms with Crippen molar-refractivity contribution in [1.29, 1.82) is 0 Å². The second-order valence-corrected chi connectivity index (χ2v) is 15.4. The van der Waals surface area contributed by atoms with E-state index in [2.05, 4.69) is 36.7 Å². The van der Waals surface area contributed by atoms with Gasteiger partial charge in [0.1, 0.15) is 12.4 Å². The lowest BCUT2D eigenvalue weighted by Gasteiger charge is -2.29. The second kappa shape index (κ2) is 9.00. The van der Waals surface area contributed by atoms with Crippen molar-refractivity contribution < 1.29 is 4.74 Å². The van der Waals surface area contributed by atoms with Crippen molar-refractivity contribution in [2.24, 2.45) is 0 Å². The maximum Gasteiger partial charge on any atom is 0.273 e. The molecule has 6 nitrogen and oxygen atoms in total. The number of benzene rings is 1. The zero-order chi connectivity index (χ0) is 22.0. The first-order valence-electron chi connectivity index (χ1n) is 11.4. The Kier molecular flexibility index (Phi) is 6.34. The lowest BCUT2D eigenvalue weighted by atomic mass is 10.1. The molecule has 3 heterocycles. The lowest BCUT2D eigenvalue weighted by molar-refractivity contribution is 0.0764. The van der Waals surface area contributed by atoms with Crippen LogP contribution in [0.3, 0.4) is 0 Å². The molecule has 0 amide bonds. The molecule has 2 aromatic heterocycles. The average molecular weight is 439 g/mol. The zero-order valence-electron chi connectivity index (χ0n) is 19.2. The molecule has 1 fully saturated rings. The van der Waals surface area contributed by atoms with Crippen LogP contribution in [0.1, 0.15) is 25.0 Å². The van der Waals surface area contributed by atoms with E-state index < -0.39 is 8.07 Å². The summed E-state index contributed by atoms with van der Waals surface area (Å²) in [7, 11) is -1.19. The quantitative estimate of drug-likeness (QED) is 0.394. The van der Waals surface area contributed by atoms with Crippen molar-refractivity contribution in [3.8, 4) is 11.3 Å². The van der Waals surface area contributed by atoms with E-state index in [0.717, 1.165) is 60.3 Å². The fourth-order valence-electron chi connectivity index (χ4n) is 4.25. The highest BCUT2D eigenvalue weighted by Gasteiger charge is 2.26. The molecule has 0 atom stereocenters. The first kappa shape index (κ1) is 21.8. The van der Waals surface area contributed by atoms with E-state index in [1.165, 1.54) is 6.42 Å². The Morgan fingerprint density at radius 1 is 1.06 bits per heavy atom. The first-order valence-corrected chi connectivity index (χ1v) is 15.1. The Bertz CT molecular complexity index is 1090. The summed E-state index contributed by atoms with van der Waals surface area (Å²) in [5.74, 6) is 0. The molecular weight excluding hydrogens is 404 g/mol. The van der Waals surface area contributed by atoms with E-state index in [9.17, 15) is 4.79 Å². The molecule has 31 heavy (non-hydrogen) atoms. The van der Waals surface area contributed by atoms with Gasteiger partial charge in [-0.25, -0.2) is 9.67 Å². The van der Waals surface area contributed by atoms with E-state index in [1.54, 1.807) is 10.6 Å². The van der Waals surface area contributed by atoms with E-state index in [-0.39, 0.29) is 5.56 Å². The van der Waals surface area contributed by atoms with Crippen molar-refractivity contribution in [1.82, 2.24) is 14.2 Å². The molecule has 0 radical (unpaired) electrons. The molecule has 0 bridgehead atoms. The van der Waals surface area contributed by atoms with Gasteiger partial charge >= 0.3 is 0 Å². The molecule has 7 heteroatoms. The van der Waals surface area contributed by atoms with Crippen LogP contribution in [0.5, 0.6) is 0 Å². The number of fused-ring (bicyclic) bond motifs is 1. The summed E-state index contributed by atoms with van der Waals surface area (Å²) in [5, 5.41) is 0. The molecule has 1 aromatic carbocycles. The molecule has 3 aromatic rings. The van der Waals surface area contributed by atoms with Crippen LogP contribution >= 0.6 is 0 Å². The van der Waals surface area contributed by atoms with Crippen LogP contribution in [0.25, 0.3) is 16.9 Å². The van der Waals surface area contributed by atoms with Crippen molar-refractivity contribution in [3.63, 3.8) is 0 Å². The topological polar surface area (TPSA) is 51.8 Å². The third-order valence-electron chi connectivity index (χ3n) is 5.89. The molecule has 166 valence electrons. The number of hydrogen-bond donors (Lipinski definition) is 0. The minimum atomic E-state index is -1.19. The summed E-state index contributed by atoms with van der Waals surface area (Å²) in [4.78, 5) is 20.4. The summed E-state index contributed by atoms with van der Waals surface area (Å²) in [6.45, 7) is 12.0. The Morgan fingerprint density at radius 3 is 2.45 bits per heavy atom. The Hall–Kier alpha value is -2.38. The SMILES string of the molecule is Cc1cc(=O)n2c(n1)c(N1CCCCC1)c(-c1ccccc1)n2COCC[Si](C)(C)C. The third-order valence-corrected chi connectivity index (χ3v) is 7.59. The molecule has 1 saturated heterocycles. The van der Waals surface area contributed by atoms with Gasteiger partial charge in [0.15, 0.2) is 5.65 Å². The lowest BCUT2D eigenvalue weighted by Crippen LogP contribution is -2.30. The molecule has 0 aliphatic carbocycles. The van der Waals surface area contributed by atoms with Crippen LogP contribution < -0.4 is 10.5 Å². The van der Waals surface area contributed by atoms with E-state index >= 15 is 0 Å². The Balaban J connectivity index is 1.88. The second-order valence-electron chi connectivity index (χ2n) is 9.73. The summed E-state index contributed by atoms with van der Waals surface area (Å²) in [6.07, 6.45) is 3.57. The fourth-order valence-corrected chi connectivity index (χ4v) is 5.00. The molecule has 0 N–H and O–H groups in total. The molecule has 0 unspecified atom stereocenters. The molecular formula is C24H34N4O2Si. The third kappa shape index (κ3) is 4.77. The number of anilines is 1. The number of rotatable bonds is 7. The van der Waals surface area contributed by atoms with E-state index in [0.29, 0.717) is 13.3 Å². The summed E-state index contributed by atoms with van der Waals surface area (Å²) >= 11 is 0. The molecule has 4 rings (SSSR count). The normalized spacial score (nSPS) is 15.0. The highest BCUT2D eigenvalue weighted by Crippen LogP contribution is 2.36. The average Bonchev–Trinajstić information content (AvgIpc) is 3.06. The largest absolute Gasteiger partial charge is 0.367 e. The summed E-state index contributed by atoms with van der Waals surface area (Å²) < 4.78 is 9.85. The van der Waals surface area contributed by atoms with Gasteiger partial charge in [-0.15, -0.1) is 0 Å². The van der Waals surface area contributed by atoms with E-state index in [1.807, 2.05) is 29.8 Å². The molecule has 0 spiro atoms. The van der Waals surface area contributed by atoms with Crippen LogP contribution in [0.15, 0.2) is 41.2 Å². The minimum absolute atomic E-state index is 0.0586. The molecule has 0 saturated carbocycles. The van der Waals surface area contributed by atoms with Gasteiger partial charge in [0, 0.05) is 45.1 Å². The van der Waals surface area contributed by atoms with Gasteiger partial charge in [0.25, 0.3) is 5.56 Å². The van der Waals surface area contributed by atoms with Gasteiger partial charge in [0.05, 0.1) is 5.69 Å². The van der Waals surface area contributed by atoms with Crippen molar-refractivity contribution in [3.05, 3.63) is 52.4 Å². The van der Waals surface area contributed by atoms with Gasteiger partial charge in [-0.1, -0.05) is 50.0 Å². The van der Waals surface area contributed by atoms with Crippen LogP contribution in [-0.4, -0.2) is 42.0 Å². The predicted molar refractivity (Wildman–Crippen MR) is 130 cm³/mol. The van der Waals surface area contributed by atoms with Gasteiger partial charge in [-0.05, 0) is 32.2 Å². The number of aryl methyl sites for hydroxylation is 1. The maximum atomic E-state index is 13.1. The standard InChI is InChI=1S/C24H34N4O2Si/c1-19-17-21(29)28-24(25-19)23(26-13-9-6-10-14-26)22(20-11-7-5-8-12-20)27(28)18-30-15-16-31(2,3)4/h5,7-8,11-12,17H,6,9-10,13-16,18H2,1-4H3. The number of ether oxygens (including phenoxy) is 1. The Morgan fingerprint density at radius 2 is 1.77 bits per heavy atom. The number of hydrogen-bond acceptors (Lipinski definition) is 4. The van der Waals surface area contributed by atoms with Gasteiger partial charge in [0.2, 0.25) is 0 Å². The van der Waals surface area contributed by atoms with Crippen LogP contribution in [-0.2, 0) is 11.5 Å². The Labute approximate surface area is 185 Å². The van der Waals surface area contributed by atoms with Crippen molar-refractivity contribution in [2.45, 2.75) is 58.6 Å². The molecule has 1 aliphatic heterocycles. The van der Waals surface area contributed by atoms with Crippen LogP contribution in [0.4, 0.5) is 5.69 Å². The minimum Gasteiger partial charge on any atom is -0.367 e. The number of piperidine rings is 1. The zero-order valence-corrected chi connectivity index (χ0v) is 20.2. The maximum absolute atomic E-state index is 13.1. The van der Waals surface area contributed by atoms with Crippen molar-refractivity contribution >= 4 is 19.4 Å². The van der Waals surface area contributed by atoms with Gasteiger partial charge in [-0.2, -0.15) is 4.52 Å².